The van der Waals surface area contributed by atoms with Crippen molar-refractivity contribution < 1.29 is 27.6 Å². The second-order valence-electron chi connectivity index (χ2n) is 5.72. The number of nitrogens with zero attached hydrogens (tertiary/aromatic N) is 1. The average Bonchev–Trinajstić information content (AvgIpc) is 2.65. The number of alkyl halides is 3. The summed E-state index contributed by atoms with van der Waals surface area (Å²) >= 11 is 12.4. The minimum atomic E-state index is -4.68. The number of imide groups is 1. The van der Waals surface area contributed by atoms with E-state index in [2.05, 4.69) is 15.0 Å². The molecule has 2 aromatic rings. The number of aromatic nitrogens is 1. The molecule has 0 fully saturated rings. The summed E-state index contributed by atoms with van der Waals surface area (Å²) in [4.78, 5) is 39.9. The Kier molecular flexibility index (Phi) is 7.56. The topological polar surface area (TPSA) is 100 Å². The SMILES string of the molecule is CNC(=O)c1cc(Cl)cc(C)c1SNC(=O)NC(=O)c1ncc(C(F)(F)F)cc1Cl. The molecule has 3 N–H and O–H groups in total. The van der Waals surface area contributed by atoms with E-state index < -0.39 is 40.3 Å². The van der Waals surface area contributed by atoms with Crippen molar-refractivity contribution in [1.29, 1.82) is 0 Å². The molecule has 13 heteroatoms. The Balaban J connectivity index is 2.11. The molecule has 1 aromatic carbocycles. The van der Waals surface area contributed by atoms with Gasteiger partial charge in [-0.25, -0.2) is 9.78 Å². The molecule has 0 bridgehead atoms. The van der Waals surface area contributed by atoms with E-state index in [1.165, 1.54) is 13.1 Å². The fourth-order valence-electron chi connectivity index (χ4n) is 2.21. The van der Waals surface area contributed by atoms with Crippen LogP contribution in [0, 0.1) is 6.92 Å². The molecular weight excluding hydrogens is 468 g/mol. The van der Waals surface area contributed by atoms with E-state index in [-0.39, 0.29) is 5.56 Å². The van der Waals surface area contributed by atoms with Crippen molar-refractivity contribution in [3.63, 3.8) is 0 Å². The molecule has 7 nitrogen and oxygen atoms in total. The van der Waals surface area contributed by atoms with Crippen molar-refractivity contribution in [2.24, 2.45) is 0 Å². The van der Waals surface area contributed by atoms with Gasteiger partial charge in [-0.3, -0.25) is 19.6 Å². The molecule has 1 aromatic heterocycles. The van der Waals surface area contributed by atoms with Crippen LogP contribution >= 0.6 is 35.1 Å². The highest BCUT2D eigenvalue weighted by molar-refractivity contribution is 7.98. The Hall–Kier alpha value is -2.50. The van der Waals surface area contributed by atoms with Crippen LogP contribution in [-0.4, -0.2) is 29.9 Å². The van der Waals surface area contributed by atoms with E-state index in [0.717, 1.165) is 11.9 Å². The largest absolute Gasteiger partial charge is 0.417 e. The monoisotopic (exact) mass is 480 g/mol. The highest BCUT2D eigenvalue weighted by Crippen LogP contribution is 2.31. The summed E-state index contributed by atoms with van der Waals surface area (Å²) in [7, 11) is 1.42. The van der Waals surface area contributed by atoms with Gasteiger partial charge < -0.3 is 5.32 Å². The summed E-state index contributed by atoms with van der Waals surface area (Å²) in [5.41, 5.74) is -0.903. The van der Waals surface area contributed by atoms with Gasteiger partial charge in [-0.1, -0.05) is 23.2 Å². The lowest BCUT2D eigenvalue weighted by Crippen LogP contribution is -2.37. The fourth-order valence-corrected chi connectivity index (χ4v) is 3.47. The zero-order chi connectivity index (χ0) is 22.6. The summed E-state index contributed by atoms with van der Waals surface area (Å²) in [6.45, 7) is 1.66. The Morgan fingerprint density at radius 1 is 1.10 bits per heavy atom. The van der Waals surface area contributed by atoms with Crippen LogP contribution < -0.4 is 15.4 Å². The first-order chi connectivity index (χ1) is 13.9. The summed E-state index contributed by atoms with van der Waals surface area (Å²) < 4.78 is 40.2. The maximum Gasteiger partial charge on any atom is 0.417 e. The standard InChI is InChI=1S/C17H13Cl2F3N4O3S/c1-7-3-9(18)5-10(14(27)23-2)13(7)30-26-16(29)25-15(28)12-11(19)4-8(6-24-12)17(20,21)22/h3-6H,1-2H3,(H,23,27)(H2,25,26,28,29). The van der Waals surface area contributed by atoms with Crippen LogP contribution in [0.1, 0.15) is 32.0 Å². The van der Waals surface area contributed by atoms with E-state index in [0.29, 0.717) is 27.7 Å². The molecule has 0 saturated heterocycles. The summed E-state index contributed by atoms with van der Waals surface area (Å²) in [6.07, 6.45) is -4.25. The third kappa shape index (κ3) is 5.77. The molecular formula is C17H13Cl2F3N4O3S. The van der Waals surface area contributed by atoms with Crippen molar-refractivity contribution in [2.75, 3.05) is 7.05 Å². The minimum Gasteiger partial charge on any atom is -0.355 e. The van der Waals surface area contributed by atoms with Crippen molar-refractivity contribution in [2.45, 2.75) is 18.0 Å². The van der Waals surface area contributed by atoms with Gasteiger partial charge in [0.15, 0.2) is 0 Å². The molecule has 0 saturated carbocycles. The number of halogens is 5. The van der Waals surface area contributed by atoms with Crippen LogP contribution in [0.2, 0.25) is 10.0 Å². The summed E-state index contributed by atoms with van der Waals surface area (Å²) in [5.74, 6) is -1.55. The first kappa shape index (κ1) is 23.8. The average molecular weight is 481 g/mol. The molecule has 4 amide bonds. The minimum absolute atomic E-state index is 0.201. The molecule has 0 aliphatic carbocycles. The molecule has 0 unspecified atom stereocenters. The number of benzene rings is 1. The lowest BCUT2D eigenvalue weighted by Gasteiger charge is -2.13. The maximum atomic E-state index is 12.6. The van der Waals surface area contributed by atoms with Crippen molar-refractivity contribution in [1.82, 2.24) is 20.3 Å². The van der Waals surface area contributed by atoms with Crippen molar-refractivity contribution >= 4 is 53.0 Å². The zero-order valence-electron chi connectivity index (χ0n) is 15.3. The Bertz CT molecular complexity index is 1020. The van der Waals surface area contributed by atoms with E-state index in [1.807, 2.05) is 5.32 Å². The van der Waals surface area contributed by atoms with Crippen LogP contribution in [0.15, 0.2) is 29.3 Å². The lowest BCUT2D eigenvalue weighted by molar-refractivity contribution is -0.137. The van der Waals surface area contributed by atoms with Gasteiger partial charge in [0.1, 0.15) is 5.69 Å². The molecule has 0 atom stereocenters. The fraction of sp³-hybridized carbons (Fsp3) is 0.176. The predicted molar refractivity (Wildman–Crippen MR) is 106 cm³/mol. The third-order valence-electron chi connectivity index (χ3n) is 3.57. The molecule has 160 valence electrons. The quantitative estimate of drug-likeness (QED) is 0.568. The number of carbonyl (C=O) groups excluding carboxylic acids is 3. The van der Waals surface area contributed by atoms with E-state index >= 15 is 0 Å². The van der Waals surface area contributed by atoms with E-state index in [1.54, 1.807) is 13.0 Å². The summed E-state index contributed by atoms with van der Waals surface area (Å²) in [5, 5.41) is 4.08. The molecule has 0 radical (unpaired) electrons. The van der Waals surface area contributed by atoms with Crippen molar-refractivity contribution in [3.05, 3.63) is 56.8 Å². The first-order valence-electron chi connectivity index (χ1n) is 7.97. The molecule has 30 heavy (non-hydrogen) atoms. The number of aryl methyl sites for hydroxylation is 1. The normalized spacial score (nSPS) is 11.0. The number of carbonyl (C=O) groups is 3. The molecule has 0 spiro atoms. The van der Waals surface area contributed by atoms with Gasteiger partial charge in [0.2, 0.25) is 0 Å². The zero-order valence-corrected chi connectivity index (χ0v) is 17.6. The van der Waals surface area contributed by atoms with Gasteiger partial charge in [0.25, 0.3) is 11.8 Å². The number of pyridine rings is 1. The summed E-state index contributed by atoms with van der Waals surface area (Å²) in [6, 6.07) is 2.52. The predicted octanol–water partition coefficient (Wildman–Crippen LogP) is 4.22. The Labute approximate surface area is 182 Å². The second-order valence-corrected chi connectivity index (χ2v) is 7.38. The number of urea groups is 1. The lowest BCUT2D eigenvalue weighted by atomic mass is 10.1. The Morgan fingerprint density at radius 3 is 2.33 bits per heavy atom. The van der Waals surface area contributed by atoms with Crippen LogP contribution in [0.25, 0.3) is 0 Å². The van der Waals surface area contributed by atoms with Crippen LogP contribution in [0.4, 0.5) is 18.0 Å². The van der Waals surface area contributed by atoms with Gasteiger partial charge in [-0.05, 0) is 42.6 Å². The van der Waals surface area contributed by atoms with Crippen LogP contribution in [-0.2, 0) is 6.18 Å². The van der Waals surface area contributed by atoms with Crippen LogP contribution in [0.3, 0.4) is 0 Å². The second kappa shape index (κ2) is 9.54. The van der Waals surface area contributed by atoms with E-state index in [4.69, 9.17) is 23.2 Å². The highest BCUT2D eigenvalue weighted by Gasteiger charge is 2.32. The highest BCUT2D eigenvalue weighted by atomic mass is 35.5. The number of hydrogen-bond donors (Lipinski definition) is 3. The molecule has 0 aliphatic rings. The van der Waals surface area contributed by atoms with Gasteiger partial charge in [0, 0.05) is 23.2 Å². The van der Waals surface area contributed by atoms with Gasteiger partial charge in [-0.2, -0.15) is 13.2 Å². The van der Waals surface area contributed by atoms with Crippen LogP contribution in [0.5, 0.6) is 0 Å². The number of rotatable bonds is 4. The van der Waals surface area contributed by atoms with E-state index in [9.17, 15) is 27.6 Å². The molecule has 0 aliphatic heterocycles. The molecule has 2 rings (SSSR count). The van der Waals surface area contributed by atoms with Gasteiger partial charge in [-0.15, -0.1) is 0 Å². The number of hydrogen-bond acceptors (Lipinski definition) is 5. The van der Waals surface area contributed by atoms with Gasteiger partial charge >= 0.3 is 12.2 Å². The van der Waals surface area contributed by atoms with Crippen molar-refractivity contribution in [3.8, 4) is 0 Å². The maximum absolute atomic E-state index is 12.6. The number of amides is 4. The molecule has 1 heterocycles. The number of nitrogens with one attached hydrogen (secondary N) is 3. The first-order valence-corrected chi connectivity index (χ1v) is 9.54. The van der Waals surface area contributed by atoms with Gasteiger partial charge in [0.05, 0.1) is 16.1 Å². The smallest absolute Gasteiger partial charge is 0.355 e. The third-order valence-corrected chi connectivity index (χ3v) is 5.11. The Morgan fingerprint density at radius 2 is 1.77 bits per heavy atom.